The van der Waals surface area contributed by atoms with Crippen LogP contribution in [0.2, 0.25) is 0 Å². The molecule has 5 N–H and O–H groups in total. The molecule has 18 nitrogen and oxygen atoms in total. The molecule has 0 saturated heterocycles. The topological polar surface area (TPSA) is 246 Å². The first-order valence-electron chi connectivity index (χ1n) is 13.3. The van der Waals surface area contributed by atoms with E-state index in [4.69, 9.17) is 24.4 Å². The summed E-state index contributed by atoms with van der Waals surface area (Å²) >= 11 is 0. The number of nitro groups is 1. The number of aliphatic carboxylic acids is 2. The molecular weight excluding hydrogens is 574 g/mol. The van der Waals surface area contributed by atoms with Crippen LogP contribution in [-0.2, 0) is 41.7 Å². The summed E-state index contributed by atoms with van der Waals surface area (Å²) in [6.45, 7) is 2.22. The second-order valence-corrected chi connectivity index (χ2v) is 9.00. The van der Waals surface area contributed by atoms with Gasteiger partial charge in [-0.05, 0) is 25.3 Å². The number of nitro benzene ring substituents is 1. The Morgan fingerprint density at radius 2 is 1.84 bits per heavy atom. The van der Waals surface area contributed by atoms with Crippen LogP contribution in [0.4, 0.5) is 16.2 Å². The van der Waals surface area contributed by atoms with Gasteiger partial charge >= 0.3 is 18.0 Å². The molecule has 1 aromatic heterocycles. The highest BCUT2D eigenvalue weighted by Crippen LogP contribution is 2.22. The highest BCUT2D eigenvalue weighted by atomic mass is 16.6. The second-order valence-electron chi connectivity index (χ2n) is 9.00. The molecule has 0 unspecified atom stereocenters. The molecule has 0 spiro atoms. The number of benzene rings is 1. The lowest BCUT2D eigenvalue weighted by atomic mass is 10.1. The maximum absolute atomic E-state index is 12.1. The first kappa shape index (κ1) is 34.4. The SMILES string of the molecule is O=CO[C@H](CCCCn1cc(COCCOCCNc2ccccc2[N+](=O)[O-])nn1)NC(=O)N[C@@H](CCC(=O)O)C(=O)O. The number of hydrogen-bond acceptors (Lipinski definition) is 12. The minimum Gasteiger partial charge on any atom is -0.481 e. The molecule has 2 aromatic rings. The molecule has 236 valence electrons. The van der Waals surface area contributed by atoms with Gasteiger partial charge in [-0.1, -0.05) is 17.3 Å². The van der Waals surface area contributed by atoms with E-state index < -0.39 is 41.6 Å². The van der Waals surface area contributed by atoms with Crippen LogP contribution < -0.4 is 16.0 Å². The van der Waals surface area contributed by atoms with Crippen LogP contribution in [0.1, 0.15) is 37.8 Å². The fourth-order valence-corrected chi connectivity index (χ4v) is 3.67. The van der Waals surface area contributed by atoms with Gasteiger partial charge in [-0.3, -0.25) is 24.4 Å². The highest BCUT2D eigenvalue weighted by molar-refractivity contribution is 5.83. The molecule has 0 aliphatic carbocycles. The zero-order valence-corrected chi connectivity index (χ0v) is 23.3. The monoisotopic (exact) mass is 609 g/mol. The van der Waals surface area contributed by atoms with Crippen LogP contribution in [0, 0.1) is 10.1 Å². The van der Waals surface area contributed by atoms with Crippen molar-refractivity contribution in [1.82, 2.24) is 25.6 Å². The third kappa shape index (κ3) is 14.1. The Morgan fingerprint density at radius 3 is 2.56 bits per heavy atom. The molecule has 2 amide bonds. The van der Waals surface area contributed by atoms with Gasteiger partial charge in [0, 0.05) is 32.0 Å². The van der Waals surface area contributed by atoms with Crippen molar-refractivity contribution in [3.05, 3.63) is 46.3 Å². The summed E-state index contributed by atoms with van der Waals surface area (Å²) in [4.78, 5) is 55.4. The lowest BCUT2D eigenvalue weighted by Gasteiger charge is -2.19. The molecule has 18 heteroatoms. The predicted octanol–water partition coefficient (Wildman–Crippen LogP) is 1.12. The van der Waals surface area contributed by atoms with Crippen LogP contribution >= 0.6 is 0 Å². The van der Waals surface area contributed by atoms with E-state index in [2.05, 4.69) is 26.3 Å². The lowest BCUT2D eigenvalue weighted by molar-refractivity contribution is -0.384. The number of carbonyl (C=O) groups excluding carboxylic acids is 2. The minimum atomic E-state index is -1.42. The Balaban J connectivity index is 1.59. The first-order valence-corrected chi connectivity index (χ1v) is 13.3. The molecule has 0 bridgehead atoms. The van der Waals surface area contributed by atoms with Crippen LogP contribution in [0.15, 0.2) is 30.5 Å². The summed E-state index contributed by atoms with van der Waals surface area (Å²) in [7, 11) is 0. The number of rotatable bonds is 23. The molecule has 0 aliphatic rings. The molecule has 43 heavy (non-hydrogen) atoms. The number of para-hydroxylation sites is 2. The number of amides is 2. The van der Waals surface area contributed by atoms with Crippen LogP contribution in [0.25, 0.3) is 0 Å². The van der Waals surface area contributed by atoms with E-state index in [0.29, 0.717) is 57.1 Å². The number of hydrogen-bond donors (Lipinski definition) is 5. The summed E-state index contributed by atoms with van der Waals surface area (Å²) in [6.07, 6.45) is 1.29. The summed E-state index contributed by atoms with van der Waals surface area (Å²) in [5.74, 6) is -2.59. The first-order chi connectivity index (χ1) is 20.7. The number of carboxylic acids is 2. The van der Waals surface area contributed by atoms with Gasteiger partial charge in [-0.15, -0.1) is 5.10 Å². The van der Waals surface area contributed by atoms with Gasteiger partial charge in [-0.2, -0.15) is 0 Å². The number of carbonyl (C=O) groups is 4. The van der Waals surface area contributed by atoms with Crippen molar-refractivity contribution in [3.63, 3.8) is 0 Å². The number of nitrogens with one attached hydrogen (secondary N) is 3. The number of anilines is 1. The molecule has 0 aliphatic heterocycles. The number of aryl methyl sites for hydroxylation is 1. The molecular formula is C25H35N7O11. The molecule has 2 atom stereocenters. The van der Waals surface area contributed by atoms with Gasteiger partial charge in [0.25, 0.3) is 12.2 Å². The minimum absolute atomic E-state index is 0.00316. The highest BCUT2D eigenvalue weighted by Gasteiger charge is 2.22. The fourth-order valence-electron chi connectivity index (χ4n) is 3.67. The summed E-state index contributed by atoms with van der Waals surface area (Å²) < 4.78 is 17.4. The van der Waals surface area contributed by atoms with Crippen molar-refractivity contribution in [2.24, 2.45) is 0 Å². The fraction of sp³-hybridized carbons (Fsp3) is 0.520. The normalized spacial score (nSPS) is 12.1. The number of unbranched alkanes of at least 4 members (excludes halogenated alkanes) is 1. The number of aromatic nitrogens is 3. The maximum atomic E-state index is 12.1. The van der Waals surface area contributed by atoms with Gasteiger partial charge in [0.2, 0.25) is 0 Å². The van der Waals surface area contributed by atoms with E-state index in [9.17, 15) is 29.3 Å². The van der Waals surface area contributed by atoms with E-state index in [1.807, 2.05) is 0 Å². The zero-order chi connectivity index (χ0) is 31.5. The van der Waals surface area contributed by atoms with E-state index >= 15 is 0 Å². The Bertz CT molecular complexity index is 1190. The Morgan fingerprint density at radius 1 is 1.07 bits per heavy atom. The molecule has 1 heterocycles. The molecule has 0 fully saturated rings. The average Bonchev–Trinajstić information content (AvgIpc) is 3.42. The Labute approximate surface area is 245 Å². The largest absolute Gasteiger partial charge is 0.481 e. The van der Waals surface area contributed by atoms with E-state index in [1.165, 1.54) is 6.07 Å². The Kier molecular flexibility index (Phi) is 15.4. The quantitative estimate of drug-likeness (QED) is 0.0389. The summed E-state index contributed by atoms with van der Waals surface area (Å²) in [5.41, 5.74) is 1.03. The third-order valence-corrected chi connectivity index (χ3v) is 5.74. The standard InChI is InChI=1S/C25H35N7O11/c33-17-43-22(28-25(38)27-20(24(36)37)8-9-23(34)35)7-3-4-11-31-15-18(29-30-31)16-42-14-13-41-12-10-26-19-5-1-2-6-21(19)32(39)40/h1-2,5-6,15,17,20,22,26H,3-4,7-14,16H2,(H,34,35)(H,36,37)(H2,27,28,38)/t20-,22+/m0/s1. The Hall–Kier alpha value is -4.84. The second kappa shape index (κ2) is 19.3. The summed E-state index contributed by atoms with van der Waals surface area (Å²) in [5, 5.41) is 44.4. The van der Waals surface area contributed by atoms with Gasteiger partial charge in [0.05, 0.1) is 37.5 Å². The van der Waals surface area contributed by atoms with Crippen molar-refractivity contribution < 1.29 is 48.5 Å². The zero-order valence-electron chi connectivity index (χ0n) is 23.3. The van der Waals surface area contributed by atoms with Crippen molar-refractivity contribution >= 4 is 35.8 Å². The van der Waals surface area contributed by atoms with E-state index in [-0.39, 0.29) is 31.6 Å². The van der Waals surface area contributed by atoms with E-state index in [1.54, 1.807) is 29.1 Å². The van der Waals surface area contributed by atoms with Gasteiger partial charge in [-0.25, -0.2) is 9.59 Å². The lowest BCUT2D eigenvalue weighted by Crippen LogP contribution is -2.49. The van der Waals surface area contributed by atoms with Crippen molar-refractivity contribution in [2.45, 2.75) is 57.5 Å². The van der Waals surface area contributed by atoms with Crippen molar-refractivity contribution in [1.29, 1.82) is 0 Å². The van der Waals surface area contributed by atoms with Crippen LogP contribution in [0.3, 0.4) is 0 Å². The molecule has 2 rings (SSSR count). The number of carboxylic acid groups (broad SMARTS) is 2. The van der Waals surface area contributed by atoms with Crippen molar-refractivity contribution in [2.75, 3.05) is 31.7 Å². The number of nitrogens with zero attached hydrogens (tertiary/aromatic N) is 4. The van der Waals surface area contributed by atoms with E-state index in [0.717, 1.165) is 0 Å². The number of ether oxygens (including phenoxy) is 3. The molecule has 1 aromatic carbocycles. The third-order valence-electron chi connectivity index (χ3n) is 5.74. The average molecular weight is 610 g/mol. The molecule has 0 saturated carbocycles. The van der Waals surface area contributed by atoms with Crippen molar-refractivity contribution in [3.8, 4) is 0 Å². The molecule has 0 radical (unpaired) electrons. The van der Waals surface area contributed by atoms with Crippen LogP contribution in [-0.4, -0.2) is 93.2 Å². The maximum Gasteiger partial charge on any atom is 0.326 e. The summed E-state index contributed by atoms with van der Waals surface area (Å²) in [6, 6.07) is 4.03. The smallest absolute Gasteiger partial charge is 0.326 e. The van der Waals surface area contributed by atoms with Gasteiger partial charge in [0.15, 0.2) is 6.23 Å². The van der Waals surface area contributed by atoms with Crippen LogP contribution in [0.5, 0.6) is 0 Å². The number of urea groups is 1. The van der Waals surface area contributed by atoms with Gasteiger partial charge in [0.1, 0.15) is 17.4 Å². The van der Waals surface area contributed by atoms with Gasteiger partial charge < -0.3 is 40.4 Å². The predicted molar refractivity (Wildman–Crippen MR) is 147 cm³/mol.